The number of aliphatic hydroxyl groups excluding tert-OH is 1. The van der Waals surface area contributed by atoms with E-state index in [9.17, 15) is 0 Å². The summed E-state index contributed by atoms with van der Waals surface area (Å²) in [6.07, 6.45) is 1.73. The SMILES string of the molecule is COc1ccc(OC)c(/C(C)=C/CO)c1. The number of benzene rings is 1. The van der Waals surface area contributed by atoms with E-state index in [1.54, 1.807) is 20.3 Å². The highest BCUT2D eigenvalue weighted by atomic mass is 16.5. The van der Waals surface area contributed by atoms with Gasteiger partial charge in [-0.1, -0.05) is 6.08 Å². The summed E-state index contributed by atoms with van der Waals surface area (Å²) in [6.45, 7) is 1.94. The van der Waals surface area contributed by atoms with Crippen molar-refractivity contribution in [2.45, 2.75) is 6.92 Å². The van der Waals surface area contributed by atoms with Gasteiger partial charge in [-0.25, -0.2) is 0 Å². The first-order chi connectivity index (χ1) is 7.22. The van der Waals surface area contributed by atoms with Crippen molar-refractivity contribution < 1.29 is 14.6 Å². The Bertz CT molecular complexity index is 356. The molecule has 0 aliphatic heterocycles. The van der Waals surface area contributed by atoms with Crippen LogP contribution in [0.3, 0.4) is 0 Å². The normalized spacial score (nSPS) is 11.3. The van der Waals surface area contributed by atoms with Crippen molar-refractivity contribution in [1.29, 1.82) is 0 Å². The lowest BCUT2D eigenvalue weighted by Gasteiger charge is -2.10. The molecule has 0 bridgehead atoms. The third-order valence-corrected chi connectivity index (χ3v) is 2.23. The van der Waals surface area contributed by atoms with Gasteiger partial charge in [0.2, 0.25) is 0 Å². The fraction of sp³-hybridized carbons (Fsp3) is 0.333. The van der Waals surface area contributed by atoms with Gasteiger partial charge >= 0.3 is 0 Å². The lowest BCUT2D eigenvalue weighted by molar-refractivity contribution is 0.343. The molecule has 0 aliphatic carbocycles. The van der Waals surface area contributed by atoms with Crippen molar-refractivity contribution in [3.05, 3.63) is 29.8 Å². The highest BCUT2D eigenvalue weighted by Gasteiger charge is 2.06. The molecule has 1 N–H and O–H groups in total. The van der Waals surface area contributed by atoms with Crippen molar-refractivity contribution >= 4 is 5.57 Å². The Morgan fingerprint density at radius 2 is 2.07 bits per heavy atom. The van der Waals surface area contributed by atoms with Gasteiger partial charge in [-0.2, -0.15) is 0 Å². The maximum absolute atomic E-state index is 8.84. The summed E-state index contributed by atoms with van der Waals surface area (Å²) in [5.41, 5.74) is 1.90. The maximum atomic E-state index is 8.84. The van der Waals surface area contributed by atoms with E-state index in [4.69, 9.17) is 14.6 Å². The number of hydrogen-bond acceptors (Lipinski definition) is 3. The van der Waals surface area contributed by atoms with Crippen LogP contribution in [-0.4, -0.2) is 25.9 Å². The van der Waals surface area contributed by atoms with Gasteiger partial charge in [-0.15, -0.1) is 0 Å². The van der Waals surface area contributed by atoms with Gasteiger partial charge in [-0.05, 0) is 30.7 Å². The first kappa shape index (κ1) is 11.6. The van der Waals surface area contributed by atoms with E-state index >= 15 is 0 Å². The van der Waals surface area contributed by atoms with Crippen LogP contribution in [0.25, 0.3) is 5.57 Å². The Kier molecular flexibility index (Phi) is 4.18. The monoisotopic (exact) mass is 208 g/mol. The molecular weight excluding hydrogens is 192 g/mol. The average Bonchev–Trinajstić information content (AvgIpc) is 2.28. The predicted octanol–water partition coefficient (Wildman–Crippen LogP) is 2.10. The standard InChI is InChI=1S/C12H16O3/c1-9(6-7-13)11-8-10(14-2)4-5-12(11)15-3/h4-6,8,13H,7H2,1-3H3/b9-6+. The average molecular weight is 208 g/mol. The van der Waals surface area contributed by atoms with Crippen molar-refractivity contribution in [3.8, 4) is 11.5 Å². The van der Waals surface area contributed by atoms with E-state index < -0.39 is 0 Å². The smallest absolute Gasteiger partial charge is 0.126 e. The minimum absolute atomic E-state index is 0.0200. The third-order valence-electron chi connectivity index (χ3n) is 2.23. The summed E-state index contributed by atoms with van der Waals surface area (Å²) in [6, 6.07) is 5.58. The molecule has 0 aromatic heterocycles. The number of methoxy groups -OCH3 is 2. The fourth-order valence-electron chi connectivity index (χ4n) is 1.37. The van der Waals surface area contributed by atoms with Crippen LogP contribution in [-0.2, 0) is 0 Å². The minimum atomic E-state index is 0.0200. The Morgan fingerprint density at radius 1 is 1.33 bits per heavy atom. The van der Waals surface area contributed by atoms with Crippen molar-refractivity contribution in [3.63, 3.8) is 0 Å². The predicted molar refractivity (Wildman–Crippen MR) is 60.3 cm³/mol. The summed E-state index contributed by atoms with van der Waals surface area (Å²) >= 11 is 0. The molecule has 0 saturated carbocycles. The van der Waals surface area contributed by atoms with Crippen molar-refractivity contribution in [1.82, 2.24) is 0 Å². The highest BCUT2D eigenvalue weighted by Crippen LogP contribution is 2.29. The van der Waals surface area contributed by atoms with Crippen molar-refractivity contribution in [2.75, 3.05) is 20.8 Å². The van der Waals surface area contributed by atoms with Gasteiger partial charge in [0, 0.05) is 5.56 Å². The molecule has 1 aromatic carbocycles. The lowest BCUT2D eigenvalue weighted by atomic mass is 10.1. The Balaban J connectivity index is 3.17. The van der Waals surface area contributed by atoms with Gasteiger partial charge in [0.1, 0.15) is 11.5 Å². The molecule has 0 spiro atoms. The molecule has 0 radical (unpaired) electrons. The molecule has 82 valence electrons. The first-order valence-electron chi connectivity index (χ1n) is 4.73. The van der Waals surface area contributed by atoms with Gasteiger partial charge < -0.3 is 14.6 Å². The Morgan fingerprint density at radius 3 is 2.60 bits per heavy atom. The summed E-state index contributed by atoms with van der Waals surface area (Å²) in [4.78, 5) is 0. The van der Waals surface area contributed by atoms with E-state index in [2.05, 4.69) is 0 Å². The van der Waals surface area contributed by atoms with E-state index in [1.807, 2.05) is 25.1 Å². The zero-order valence-electron chi connectivity index (χ0n) is 9.28. The molecule has 3 nitrogen and oxygen atoms in total. The first-order valence-corrected chi connectivity index (χ1v) is 4.73. The number of rotatable bonds is 4. The van der Waals surface area contributed by atoms with E-state index in [1.165, 1.54) is 0 Å². The second kappa shape index (κ2) is 5.41. The van der Waals surface area contributed by atoms with Crippen LogP contribution in [0.4, 0.5) is 0 Å². The Labute approximate surface area is 90.0 Å². The molecule has 0 heterocycles. The number of aliphatic hydroxyl groups is 1. The topological polar surface area (TPSA) is 38.7 Å². The van der Waals surface area contributed by atoms with Crippen LogP contribution >= 0.6 is 0 Å². The van der Waals surface area contributed by atoms with Crippen LogP contribution in [0.15, 0.2) is 24.3 Å². The maximum Gasteiger partial charge on any atom is 0.126 e. The highest BCUT2D eigenvalue weighted by molar-refractivity contribution is 5.70. The van der Waals surface area contributed by atoms with Crippen molar-refractivity contribution in [2.24, 2.45) is 0 Å². The second-order valence-electron chi connectivity index (χ2n) is 3.14. The van der Waals surface area contributed by atoms with Crippen LogP contribution in [0.1, 0.15) is 12.5 Å². The molecule has 0 atom stereocenters. The van der Waals surface area contributed by atoms with Gasteiger partial charge in [-0.3, -0.25) is 0 Å². The molecule has 3 heteroatoms. The zero-order valence-corrected chi connectivity index (χ0v) is 9.28. The molecular formula is C12H16O3. The fourth-order valence-corrected chi connectivity index (χ4v) is 1.37. The van der Waals surface area contributed by atoms with Gasteiger partial charge in [0.15, 0.2) is 0 Å². The van der Waals surface area contributed by atoms with Gasteiger partial charge in [0.25, 0.3) is 0 Å². The molecule has 1 aromatic rings. The molecule has 0 unspecified atom stereocenters. The van der Waals surface area contributed by atoms with Gasteiger partial charge in [0.05, 0.1) is 20.8 Å². The number of allylic oxidation sites excluding steroid dienone is 1. The molecule has 0 amide bonds. The van der Waals surface area contributed by atoms with Crippen LogP contribution in [0.2, 0.25) is 0 Å². The molecule has 15 heavy (non-hydrogen) atoms. The van der Waals surface area contributed by atoms with Crippen LogP contribution < -0.4 is 9.47 Å². The van der Waals surface area contributed by atoms with E-state index in [-0.39, 0.29) is 6.61 Å². The second-order valence-corrected chi connectivity index (χ2v) is 3.14. The number of hydrogen-bond donors (Lipinski definition) is 1. The molecule has 0 fully saturated rings. The van der Waals surface area contributed by atoms with Crippen LogP contribution in [0, 0.1) is 0 Å². The van der Waals surface area contributed by atoms with E-state index in [0.29, 0.717) is 0 Å². The lowest BCUT2D eigenvalue weighted by Crippen LogP contribution is -1.92. The largest absolute Gasteiger partial charge is 0.497 e. The third kappa shape index (κ3) is 2.73. The summed E-state index contributed by atoms with van der Waals surface area (Å²) in [7, 11) is 3.24. The summed E-state index contributed by atoms with van der Waals surface area (Å²) < 4.78 is 10.4. The molecule has 0 aliphatic rings. The minimum Gasteiger partial charge on any atom is -0.497 e. The Hall–Kier alpha value is -1.48. The summed E-state index contributed by atoms with van der Waals surface area (Å²) in [5, 5.41) is 8.84. The van der Waals surface area contributed by atoms with E-state index in [0.717, 1.165) is 22.6 Å². The molecule has 1 rings (SSSR count). The zero-order chi connectivity index (χ0) is 11.3. The summed E-state index contributed by atoms with van der Waals surface area (Å²) in [5.74, 6) is 1.55. The quantitative estimate of drug-likeness (QED) is 0.823. The number of ether oxygens (including phenoxy) is 2. The van der Waals surface area contributed by atoms with Crippen LogP contribution in [0.5, 0.6) is 11.5 Å². The molecule has 0 saturated heterocycles.